The fourth-order valence-corrected chi connectivity index (χ4v) is 3.47. The SMILES string of the molecule is CN(Cc1c(F)cccc1Cl)C(=O)CSc1n[nH]c(=O)n1C1CC1. The van der Waals surface area contributed by atoms with Gasteiger partial charge in [-0.25, -0.2) is 14.3 Å². The van der Waals surface area contributed by atoms with E-state index in [4.69, 9.17) is 11.6 Å². The molecule has 1 fully saturated rings. The van der Waals surface area contributed by atoms with E-state index in [-0.39, 0.29) is 40.5 Å². The van der Waals surface area contributed by atoms with Crippen LogP contribution < -0.4 is 5.69 Å². The molecular formula is C15H16ClFN4O2S. The van der Waals surface area contributed by atoms with Crippen LogP contribution in [0.3, 0.4) is 0 Å². The molecule has 1 aromatic heterocycles. The number of aromatic amines is 1. The topological polar surface area (TPSA) is 71.0 Å². The number of nitrogens with zero attached hydrogens (tertiary/aromatic N) is 3. The maximum Gasteiger partial charge on any atom is 0.344 e. The molecule has 24 heavy (non-hydrogen) atoms. The van der Waals surface area contributed by atoms with Crippen molar-refractivity contribution in [1.82, 2.24) is 19.7 Å². The third kappa shape index (κ3) is 3.64. The summed E-state index contributed by atoms with van der Waals surface area (Å²) in [6.07, 6.45) is 1.90. The predicted molar refractivity (Wildman–Crippen MR) is 89.7 cm³/mol. The summed E-state index contributed by atoms with van der Waals surface area (Å²) in [5.74, 6) is -0.527. The summed E-state index contributed by atoms with van der Waals surface area (Å²) < 4.78 is 15.4. The van der Waals surface area contributed by atoms with Gasteiger partial charge in [0, 0.05) is 30.2 Å². The molecule has 1 heterocycles. The van der Waals surface area contributed by atoms with Crippen molar-refractivity contribution >= 4 is 29.3 Å². The lowest BCUT2D eigenvalue weighted by atomic mass is 10.2. The van der Waals surface area contributed by atoms with Crippen molar-refractivity contribution in [2.45, 2.75) is 30.6 Å². The number of nitrogens with one attached hydrogen (secondary N) is 1. The van der Waals surface area contributed by atoms with Gasteiger partial charge in [-0.2, -0.15) is 0 Å². The van der Waals surface area contributed by atoms with E-state index in [0.29, 0.717) is 5.16 Å². The number of carbonyl (C=O) groups is 1. The Hall–Kier alpha value is -1.80. The van der Waals surface area contributed by atoms with E-state index >= 15 is 0 Å². The minimum Gasteiger partial charge on any atom is -0.341 e. The molecule has 0 aliphatic heterocycles. The van der Waals surface area contributed by atoms with Crippen molar-refractivity contribution in [3.8, 4) is 0 Å². The monoisotopic (exact) mass is 370 g/mol. The molecule has 1 N–H and O–H groups in total. The lowest BCUT2D eigenvalue weighted by Gasteiger charge is -2.18. The number of H-pyrrole nitrogens is 1. The Bertz CT molecular complexity index is 798. The van der Waals surface area contributed by atoms with Gasteiger partial charge in [0.2, 0.25) is 5.91 Å². The highest BCUT2D eigenvalue weighted by molar-refractivity contribution is 7.99. The molecule has 3 rings (SSSR count). The number of halogens is 2. The molecular weight excluding hydrogens is 355 g/mol. The summed E-state index contributed by atoms with van der Waals surface area (Å²) in [5.41, 5.74) is 0.0358. The van der Waals surface area contributed by atoms with Gasteiger partial charge in [0.05, 0.1) is 5.75 Å². The number of aromatic nitrogens is 3. The molecule has 2 aromatic rings. The molecule has 128 valence electrons. The second-order valence-corrected chi connectivity index (χ2v) is 7.00. The number of hydrogen-bond donors (Lipinski definition) is 1. The molecule has 1 aliphatic rings. The Morgan fingerprint density at radius 1 is 1.54 bits per heavy atom. The Labute approximate surface area is 147 Å². The number of amides is 1. The quantitative estimate of drug-likeness (QED) is 0.793. The molecule has 0 unspecified atom stereocenters. The minimum absolute atomic E-state index is 0.0842. The summed E-state index contributed by atoms with van der Waals surface area (Å²) in [4.78, 5) is 25.4. The smallest absolute Gasteiger partial charge is 0.341 e. The minimum atomic E-state index is -0.440. The van der Waals surface area contributed by atoms with E-state index in [1.54, 1.807) is 17.7 Å². The maximum absolute atomic E-state index is 13.8. The lowest BCUT2D eigenvalue weighted by Crippen LogP contribution is -2.28. The third-order valence-electron chi connectivity index (χ3n) is 3.79. The summed E-state index contributed by atoms with van der Waals surface area (Å²) in [6.45, 7) is 0.0842. The van der Waals surface area contributed by atoms with E-state index < -0.39 is 5.82 Å². The van der Waals surface area contributed by atoms with Crippen LogP contribution in [-0.4, -0.2) is 38.4 Å². The standard InChI is InChI=1S/C15H16ClFN4O2S/c1-20(7-10-11(16)3-2-4-12(10)17)13(22)8-24-15-19-18-14(23)21(15)9-5-6-9/h2-4,9H,5-8H2,1H3,(H,18,23). The highest BCUT2D eigenvalue weighted by Crippen LogP contribution is 2.36. The number of hydrogen-bond acceptors (Lipinski definition) is 4. The molecule has 0 spiro atoms. The first-order valence-electron chi connectivity index (χ1n) is 7.44. The summed E-state index contributed by atoms with van der Waals surface area (Å²) in [5, 5.41) is 7.16. The van der Waals surface area contributed by atoms with Gasteiger partial charge in [0.1, 0.15) is 5.82 Å². The van der Waals surface area contributed by atoms with Gasteiger partial charge < -0.3 is 4.90 Å². The molecule has 0 bridgehead atoms. The zero-order valence-electron chi connectivity index (χ0n) is 13.0. The second kappa shape index (κ2) is 6.98. The van der Waals surface area contributed by atoms with Crippen LogP contribution in [0, 0.1) is 5.82 Å². The van der Waals surface area contributed by atoms with Gasteiger partial charge in [-0.05, 0) is 25.0 Å². The van der Waals surface area contributed by atoms with E-state index in [0.717, 1.165) is 12.8 Å². The zero-order chi connectivity index (χ0) is 17.3. The van der Waals surface area contributed by atoms with Crippen LogP contribution in [0.4, 0.5) is 4.39 Å². The first kappa shape index (κ1) is 17.0. The Morgan fingerprint density at radius 3 is 2.96 bits per heavy atom. The van der Waals surface area contributed by atoms with E-state index in [1.807, 2.05) is 0 Å². The number of thioether (sulfide) groups is 1. The Balaban J connectivity index is 1.62. The van der Waals surface area contributed by atoms with Gasteiger partial charge >= 0.3 is 5.69 Å². The fraction of sp³-hybridized carbons (Fsp3) is 0.400. The summed E-state index contributed by atoms with van der Waals surface area (Å²) in [7, 11) is 1.59. The molecule has 0 radical (unpaired) electrons. The highest BCUT2D eigenvalue weighted by Gasteiger charge is 2.29. The first-order chi connectivity index (χ1) is 11.5. The molecule has 0 atom stereocenters. The van der Waals surface area contributed by atoms with Crippen molar-refractivity contribution in [3.05, 3.63) is 45.1 Å². The van der Waals surface area contributed by atoms with Crippen LogP contribution in [-0.2, 0) is 11.3 Å². The molecule has 9 heteroatoms. The third-order valence-corrected chi connectivity index (χ3v) is 5.08. The first-order valence-corrected chi connectivity index (χ1v) is 8.80. The van der Waals surface area contributed by atoms with Crippen molar-refractivity contribution in [1.29, 1.82) is 0 Å². The largest absolute Gasteiger partial charge is 0.344 e. The van der Waals surface area contributed by atoms with Gasteiger partial charge in [0.25, 0.3) is 0 Å². The number of carbonyl (C=O) groups excluding carboxylic acids is 1. The molecule has 6 nitrogen and oxygen atoms in total. The summed E-state index contributed by atoms with van der Waals surface area (Å²) >= 11 is 7.18. The van der Waals surface area contributed by atoms with Crippen molar-refractivity contribution in [3.63, 3.8) is 0 Å². The molecule has 1 amide bonds. The van der Waals surface area contributed by atoms with Gasteiger partial charge in [-0.15, -0.1) is 5.10 Å². The average molecular weight is 371 g/mol. The van der Waals surface area contributed by atoms with Crippen LogP contribution in [0.1, 0.15) is 24.4 Å². The van der Waals surface area contributed by atoms with Gasteiger partial charge in [-0.1, -0.05) is 29.4 Å². The van der Waals surface area contributed by atoms with Crippen molar-refractivity contribution in [2.75, 3.05) is 12.8 Å². The van der Waals surface area contributed by atoms with Gasteiger partial charge in [0.15, 0.2) is 5.16 Å². The second-order valence-electron chi connectivity index (χ2n) is 5.65. The highest BCUT2D eigenvalue weighted by atomic mass is 35.5. The fourth-order valence-electron chi connectivity index (χ4n) is 2.29. The van der Waals surface area contributed by atoms with Crippen LogP contribution in [0.5, 0.6) is 0 Å². The maximum atomic E-state index is 13.8. The Morgan fingerprint density at radius 2 is 2.29 bits per heavy atom. The number of benzene rings is 1. The molecule has 1 saturated carbocycles. The Kier molecular flexibility index (Phi) is 4.96. The van der Waals surface area contributed by atoms with Crippen LogP contribution in [0.25, 0.3) is 0 Å². The lowest BCUT2D eigenvalue weighted by molar-refractivity contribution is -0.127. The summed E-state index contributed by atoms with van der Waals surface area (Å²) in [6, 6.07) is 4.61. The van der Waals surface area contributed by atoms with Crippen molar-refractivity contribution in [2.24, 2.45) is 0 Å². The normalized spacial score (nSPS) is 14.0. The zero-order valence-corrected chi connectivity index (χ0v) is 14.5. The number of rotatable bonds is 6. The van der Waals surface area contributed by atoms with Crippen LogP contribution >= 0.6 is 23.4 Å². The van der Waals surface area contributed by atoms with Crippen molar-refractivity contribution < 1.29 is 9.18 Å². The van der Waals surface area contributed by atoms with E-state index in [2.05, 4.69) is 10.2 Å². The molecule has 0 saturated heterocycles. The average Bonchev–Trinajstić information content (AvgIpc) is 3.31. The van der Waals surface area contributed by atoms with Crippen LogP contribution in [0.15, 0.2) is 28.2 Å². The predicted octanol–water partition coefficient (Wildman–Crippen LogP) is 2.45. The van der Waals surface area contributed by atoms with E-state index in [1.165, 1.54) is 28.8 Å². The van der Waals surface area contributed by atoms with Gasteiger partial charge in [-0.3, -0.25) is 9.36 Å². The van der Waals surface area contributed by atoms with E-state index in [9.17, 15) is 14.0 Å². The molecule has 1 aromatic carbocycles. The van der Waals surface area contributed by atoms with Crippen LogP contribution in [0.2, 0.25) is 5.02 Å². The molecule has 1 aliphatic carbocycles.